The van der Waals surface area contributed by atoms with E-state index in [9.17, 15) is 9.18 Å². The maximum Gasteiger partial charge on any atom is 0.156 e. The molecule has 1 heterocycles. The molecule has 0 aliphatic carbocycles. The second kappa shape index (κ2) is 5.10. The van der Waals surface area contributed by atoms with Crippen molar-refractivity contribution < 1.29 is 9.18 Å². The normalized spacial score (nSPS) is 10.2. The summed E-state index contributed by atoms with van der Waals surface area (Å²) in [6.45, 7) is 1.83. The number of anilines is 2. The van der Waals surface area contributed by atoms with Crippen molar-refractivity contribution in [2.75, 3.05) is 5.32 Å². The summed E-state index contributed by atoms with van der Waals surface area (Å²) in [5.41, 5.74) is 1.21. The van der Waals surface area contributed by atoms with E-state index in [0.717, 1.165) is 5.56 Å². The van der Waals surface area contributed by atoms with Crippen LogP contribution in [0.3, 0.4) is 0 Å². The van der Waals surface area contributed by atoms with Crippen LogP contribution in [-0.2, 0) is 0 Å². The number of nitrogens with one attached hydrogen (secondary N) is 1. The van der Waals surface area contributed by atoms with E-state index >= 15 is 0 Å². The average molecular weight is 266 g/mol. The van der Waals surface area contributed by atoms with Gasteiger partial charge in [-0.2, -0.15) is 0 Å². The van der Waals surface area contributed by atoms with Crippen LogP contribution in [0.25, 0.3) is 0 Å². The summed E-state index contributed by atoms with van der Waals surface area (Å²) >= 11 is 5.75. The number of carbonyl (C=O) groups excluding carboxylic acids is 1. The summed E-state index contributed by atoms with van der Waals surface area (Å²) in [6.07, 6.45) is 1.73. The van der Waals surface area contributed by atoms with Crippen LogP contribution in [0.2, 0.25) is 5.15 Å². The van der Waals surface area contributed by atoms with E-state index in [-0.39, 0.29) is 22.2 Å². The van der Waals surface area contributed by atoms with Crippen molar-refractivity contribution in [3.8, 4) is 0 Å². The molecule has 0 amide bonds. The molecule has 1 aromatic carbocycles. The summed E-state index contributed by atoms with van der Waals surface area (Å²) in [4.78, 5) is 18.4. The molecule has 1 N–H and O–H groups in total. The molecule has 92 valence electrons. The number of carbonyl (C=O) groups is 1. The van der Waals surface area contributed by atoms with Crippen LogP contribution in [0.4, 0.5) is 15.9 Å². The molecule has 0 atom stereocenters. The number of rotatable bonds is 3. The summed E-state index contributed by atoms with van der Waals surface area (Å²) in [7, 11) is 0. The molecule has 0 radical (unpaired) electrons. The van der Waals surface area contributed by atoms with Crippen LogP contribution in [0.15, 0.2) is 24.5 Å². The van der Waals surface area contributed by atoms with Crippen LogP contribution in [0.1, 0.15) is 15.9 Å². The lowest BCUT2D eigenvalue weighted by Crippen LogP contribution is -2.02. The molecule has 2 aromatic rings. The van der Waals surface area contributed by atoms with Crippen molar-refractivity contribution in [1.29, 1.82) is 0 Å². The van der Waals surface area contributed by atoms with Crippen LogP contribution in [0.5, 0.6) is 0 Å². The molecule has 2 rings (SSSR count). The van der Waals surface area contributed by atoms with Gasteiger partial charge in [-0.1, -0.05) is 17.7 Å². The van der Waals surface area contributed by atoms with E-state index < -0.39 is 5.82 Å². The predicted molar refractivity (Wildman–Crippen MR) is 66.8 cm³/mol. The smallest absolute Gasteiger partial charge is 0.156 e. The standard InChI is InChI=1S/C12H9ClFN3O/c1-7-2-3-9(14)10(4-7)17-12-8(5-18)11(13)15-6-16-12/h2-6H,1H3,(H,15,16,17). The Morgan fingerprint density at radius 3 is 2.89 bits per heavy atom. The van der Waals surface area contributed by atoms with Gasteiger partial charge in [0.2, 0.25) is 0 Å². The van der Waals surface area contributed by atoms with Gasteiger partial charge in [-0.15, -0.1) is 0 Å². The van der Waals surface area contributed by atoms with Crippen molar-refractivity contribution in [3.05, 3.63) is 46.6 Å². The van der Waals surface area contributed by atoms with Crippen LogP contribution >= 0.6 is 11.6 Å². The maximum atomic E-state index is 13.6. The van der Waals surface area contributed by atoms with Crippen molar-refractivity contribution >= 4 is 29.4 Å². The zero-order valence-corrected chi connectivity index (χ0v) is 10.2. The van der Waals surface area contributed by atoms with Gasteiger partial charge in [0.25, 0.3) is 0 Å². The predicted octanol–water partition coefficient (Wildman–Crippen LogP) is 3.13. The minimum Gasteiger partial charge on any atom is -0.337 e. The van der Waals surface area contributed by atoms with Crippen LogP contribution < -0.4 is 5.32 Å². The molecule has 4 nitrogen and oxygen atoms in total. The Bertz CT molecular complexity index is 604. The lowest BCUT2D eigenvalue weighted by atomic mass is 10.2. The van der Waals surface area contributed by atoms with Crippen LogP contribution in [0, 0.1) is 12.7 Å². The van der Waals surface area contributed by atoms with Gasteiger partial charge in [-0.05, 0) is 24.6 Å². The van der Waals surface area contributed by atoms with Crippen molar-refractivity contribution in [2.45, 2.75) is 6.92 Å². The molecular weight excluding hydrogens is 257 g/mol. The minimum atomic E-state index is -0.438. The fraction of sp³-hybridized carbons (Fsp3) is 0.0833. The fourth-order valence-electron chi connectivity index (χ4n) is 1.44. The first-order valence-electron chi connectivity index (χ1n) is 5.10. The summed E-state index contributed by atoms with van der Waals surface area (Å²) < 4.78 is 13.6. The largest absolute Gasteiger partial charge is 0.337 e. The van der Waals surface area contributed by atoms with E-state index in [1.807, 2.05) is 6.92 Å². The van der Waals surface area contributed by atoms with Gasteiger partial charge in [-0.25, -0.2) is 14.4 Å². The number of halogens is 2. The summed E-state index contributed by atoms with van der Waals surface area (Å²) in [6, 6.07) is 4.59. The molecule has 0 unspecified atom stereocenters. The Balaban J connectivity index is 2.43. The van der Waals surface area contributed by atoms with Gasteiger partial charge < -0.3 is 5.32 Å². The maximum absolute atomic E-state index is 13.6. The second-order valence-electron chi connectivity index (χ2n) is 3.65. The molecule has 6 heteroatoms. The van der Waals surface area contributed by atoms with Crippen molar-refractivity contribution in [2.24, 2.45) is 0 Å². The number of nitrogens with zero attached hydrogens (tertiary/aromatic N) is 2. The van der Waals surface area contributed by atoms with Crippen molar-refractivity contribution in [3.63, 3.8) is 0 Å². The number of benzene rings is 1. The van der Waals surface area contributed by atoms with Gasteiger partial charge in [0.15, 0.2) is 6.29 Å². The molecule has 18 heavy (non-hydrogen) atoms. The molecule has 0 saturated carbocycles. The van der Waals surface area contributed by atoms with E-state index in [2.05, 4.69) is 15.3 Å². The Morgan fingerprint density at radius 2 is 2.17 bits per heavy atom. The first kappa shape index (κ1) is 12.4. The molecule has 1 aromatic heterocycles. The lowest BCUT2D eigenvalue weighted by molar-refractivity contribution is 0.112. The molecule has 0 aliphatic rings. The lowest BCUT2D eigenvalue weighted by Gasteiger charge is -2.09. The Morgan fingerprint density at radius 1 is 1.39 bits per heavy atom. The molecule has 0 fully saturated rings. The van der Waals surface area contributed by atoms with Crippen molar-refractivity contribution in [1.82, 2.24) is 9.97 Å². The summed E-state index contributed by atoms with van der Waals surface area (Å²) in [5.74, 6) is -0.262. The number of hydrogen-bond donors (Lipinski definition) is 1. The zero-order chi connectivity index (χ0) is 13.1. The number of aryl methyl sites for hydroxylation is 1. The highest BCUT2D eigenvalue weighted by Gasteiger charge is 2.11. The van der Waals surface area contributed by atoms with Crippen LogP contribution in [-0.4, -0.2) is 16.3 Å². The number of aldehydes is 1. The van der Waals surface area contributed by atoms with Gasteiger partial charge >= 0.3 is 0 Å². The van der Waals surface area contributed by atoms with Gasteiger partial charge in [0.1, 0.15) is 23.1 Å². The SMILES string of the molecule is Cc1ccc(F)c(Nc2ncnc(Cl)c2C=O)c1. The molecule has 0 spiro atoms. The van der Waals surface area contributed by atoms with E-state index in [4.69, 9.17) is 11.6 Å². The molecular formula is C12H9ClFN3O. The highest BCUT2D eigenvalue weighted by atomic mass is 35.5. The third kappa shape index (κ3) is 2.46. The van der Waals surface area contributed by atoms with E-state index in [0.29, 0.717) is 6.29 Å². The minimum absolute atomic E-state index is 0.0237. The Kier molecular flexibility index (Phi) is 3.53. The highest BCUT2D eigenvalue weighted by Crippen LogP contribution is 2.24. The molecule has 0 saturated heterocycles. The fourth-order valence-corrected chi connectivity index (χ4v) is 1.62. The molecule has 0 aliphatic heterocycles. The van der Waals surface area contributed by atoms with Gasteiger partial charge in [0.05, 0.1) is 11.3 Å². The Hall–Kier alpha value is -2.01. The number of aromatic nitrogens is 2. The third-order valence-corrected chi connectivity index (χ3v) is 2.63. The average Bonchev–Trinajstić information content (AvgIpc) is 2.34. The Labute approximate surface area is 108 Å². The monoisotopic (exact) mass is 265 g/mol. The van der Waals surface area contributed by atoms with Gasteiger partial charge in [0, 0.05) is 0 Å². The number of hydrogen-bond acceptors (Lipinski definition) is 4. The zero-order valence-electron chi connectivity index (χ0n) is 9.45. The van der Waals surface area contributed by atoms with E-state index in [1.54, 1.807) is 12.1 Å². The first-order chi connectivity index (χ1) is 8.61. The molecule has 0 bridgehead atoms. The third-order valence-electron chi connectivity index (χ3n) is 2.33. The highest BCUT2D eigenvalue weighted by molar-refractivity contribution is 6.32. The van der Waals surface area contributed by atoms with Gasteiger partial charge in [-0.3, -0.25) is 4.79 Å². The second-order valence-corrected chi connectivity index (χ2v) is 4.01. The van der Waals surface area contributed by atoms with E-state index in [1.165, 1.54) is 12.4 Å². The topological polar surface area (TPSA) is 54.9 Å². The first-order valence-corrected chi connectivity index (χ1v) is 5.48. The summed E-state index contributed by atoms with van der Waals surface area (Å²) in [5, 5.41) is 2.76. The quantitative estimate of drug-likeness (QED) is 0.684.